The van der Waals surface area contributed by atoms with Crippen molar-refractivity contribution in [3.8, 4) is 11.5 Å². The number of nitrogens with one attached hydrogen (secondary N) is 1. The van der Waals surface area contributed by atoms with Gasteiger partial charge in [0.25, 0.3) is 5.22 Å². The number of hydrogen-bond acceptors (Lipinski definition) is 5. The number of fused-ring (bicyclic) bond motifs is 1. The third kappa shape index (κ3) is 4.12. The number of nitrogens with zero attached hydrogens (tertiary/aromatic N) is 2. The molecule has 0 fully saturated rings. The molecule has 0 saturated carbocycles. The summed E-state index contributed by atoms with van der Waals surface area (Å²) in [6.45, 7) is 5.91. The minimum Gasteiger partial charge on any atom is -0.411 e. The maximum Gasteiger partial charge on any atom is 0.277 e. The van der Waals surface area contributed by atoms with Crippen molar-refractivity contribution in [2.75, 3.05) is 5.32 Å². The Kier molecular flexibility index (Phi) is 5.22. The highest BCUT2D eigenvalue weighted by molar-refractivity contribution is 8.00. The molecule has 1 N–H and O–H groups in total. The highest BCUT2D eigenvalue weighted by Crippen LogP contribution is 2.29. The lowest BCUT2D eigenvalue weighted by molar-refractivity contribution is -0.115. The van der Waals surface area contributed by atoms with E-state index in [1.807, 2.05) is 39.0 Å². The Bertz CT molecular complexity index is 1010. The highest BCUT2D eigenvalue weighted by Gasteiger charge is 2.20. The molecule has 1 aliphatic rings. The van der Waals surface area contributed by atoms with Crippen LogP contribution in [-0.4, -0.2) is 21.4 Å². The zero-order chi connectivity index (χ0) is 19.7. The molecule has 0 aliphatic heterocycles. The van der Waals surface area contributed by atoms with Crippen molar-refractivity contribution < 1.29 is 9.21 Å². The van der Waals surface area contributed by atoms with Gasteiger partial charge in [-0.3, -0.25) is 4.79 Å². The Morgan fingerprint density at radius 3 is 2.61 bits per heavy atom. The van der Waals surface area contributed by atoms with Gasteiger partial charge in [-0.2, -0.15) is 0 Å². The summed E-state index contributed by atoms with van der Waals surface area (Å²) in [5.74, 6) is 0.398. The van der Waals surface area contributed by atoms with Crippen LogP contribution in [0.2, 0.25) is 0 Å². The van der Waals surface area contributed by atoms with Gasteiger partial charge in [0, 0.05) is 11.3 Å². The number of aromatic nitrogens is 2. The van der Waals surface area contributed by atoms with Crippen molar-refractivity contribution in [3.63, 3.8) is 0 Å². The standard InChI is InChI=1S/C22H23N3O2S/c1-13-9-14(2)11-18(10-13)21-24-25-22(27-21)28-15(3)20(26)23-19-8-7-16-5-4-6-17(16)12-19/h7-12,15H,4-6H2,1-3H3,(H,23,26)/t15-/m0/s1. The third-order valence-electron chi connectivity index (χ3n) is 4.89. The largest absolute Gasteiger partial charge is 0.411 e. The fourth-order valence-electron chi connectivity index (χ4n) is 3.57. The molecule has 6 heteroatoms. The average molecular weight is 394 g/mol. The summed E-state index contributed by atoms with van der Waals surface area (Å²) in [7, 11) is 0. The molecule has 28 heavy (non-hydrogen) atoms. The number of aryl methyl sites for hydroxylation is 4. The molecule has 144 valence electrons. The molecule has 1 amide bonds. The molecule has 4 rings (SSSR count). The quantitative estimate of drug-likeness (QED) is 0.621. The number of carbonyl (C=O) groups excluding carboxylic acids is 1. The van der Waals surface area contributed by atoms with Gasteiger partial charge in [0.05, 0.1) is 5.25 Å². The molecule has 0 bridgehead atoms. The van der Waals surface area contributed by atoms with Gasteiger partial charge in [-0.05, 0) is 75.4 Å². The van der Waals surface area contributed by atoms with Crippen LogP contribution in [0.1, 0.15) is 35.6 Å². The molecular weight excluding hydrogens is 370 g/mol. The molecule has 0 unspecified atom stereocenters. The van der Waals surface area contributed by atoms with E-state index in [-0.39, 0.29) is 11.2 Å². The lowest BCUT2D eigenvalue weighted by Crippen LogP contribution is -2.22. The van der Waals surface area contributed by atoms with E-state index in [4.69, 9.17) is 4.42 Å². The van der Waals surface area contributed by atoms with Gasteiger partial charge in [-0.1, -0.05) is 35.0 Å². The van der Waals surface area contributed by atoms with Crippen LogP contribution >= 0.6 is 11.8 Å². The SMILES string of the molecule is Cc1cc(C)cc(-c2nnc(S[C@@H](C)C(=O)Nc3ccc4c(c3)CCC4)o2)c1. The van der Waals surface area contributed by atoms with Crippen LogP contribution in [0.3, 0.4) is 0 Å². The van der Waals surface area contributed by atoms with Crippen molar-refractivity contribution in [1.29, 1.82) is 0 Å². The second kappa shape index (κ2) is 7.80. The smallest absolute Gasteiger partial charge is 0.277 e. The molecule has 1 heterocycles. The minimum atomic E-state index is -0.346. The monoisotopic (exact) mass is 393 g/mol. The Hall–Kier alpha value is -2.60. The van der Waals surface area contributed by atoms with Crippen LogP contribution in [0, 0.1) is 13.8 Å². The van der Waals surface area contributed by atoms with Crippen molar-refractivity contribution in [1.82, 2.24) is 10.2 Å². The normalized spacial score (nSPS) is 14.0. The van der Waals surface area contributed by atoms with Gasteiger partial charge in [-0.25, -0.2) is 0 Å². The predicted octanol–water partition coefficient (Wildman–Crippen LogP) is 4.96. The van der Waals surface area contributed by atoms with Crippen molar-refractivity contribution in [2.45, 2.75) is 50.5 Å². The maximum atomic E-state index is 12.6. The topological polar surface area (TPSA) is 68.0 Å². The first-order valence-corrected chi connectivity index (χ1v) is 10.4. The maximum absolute atomic E-state index is 12.6. The van der Waals surface area contributed by atoms with Crippen LogP contribution in [0.5, 0.6) is 0 Å². The lowest BCUT2D eigenvalue weighted by Gasteiger charge is -2.11. The first kappa shape index (κ1) is 18.7. The predicted molar refractivity (Wildman–Crippen MR) is 112 cm³/mol. The van der Waals surface area contributed by atoms with Crippen molar-refractivity contribution >= 4 is 23.4 Å². The van der Waals surface area contributed by atoms with E-state index < -0.39 is 0 Å². The third-order valence-corrected chi connectivity index (χ3v) is 5.82. The number of amides is 1. The van der Waals surface area contributed by atoms with E-state index in [0.29, 0.717) is 11.1 Å². The molecule has 1 atom stereocenters. The van der Waals surface area contributed by atoms with E-state index in [0.717, 1.165) is 35.2 Å². The van der Waals surface area contributed by atoms with Gasteiger partial charge in [-0.15, -0.1) is 10.2 Å². The van der Waals surface area contributed by atoms with Crippen LogP contribution in [-0.2, 0) is 17.6 Å². The van der Waals surface area contributed by atoms with Crippen molar-refractivity contribution in [3.05, 3.63) is 58.7 Å². The summed E-state index contributed by atoms with van der Waals surface area (Å²) in [5, 5.41) is 11.3. The van der Waals surface area contributed by atoms with E-state index in [2.05, 4.69) is 33.7 Å². The Labute approximate surface area is 168 Å². The summed E-state index contributed by atoms with van der Waals surface area (Å²) in [6, 6.07) is 12.3. The molecule has 3 aromatic rings. The van der Waals surface area contributed by atoms with Gasteiger partial charge in [0.15, 0.2) is 0 Å². The van der Waals surface area contributed by atoms with E-state index in [1.54, 1.807) is 0 Å². The Morgan fingerprint density at radius 1 is 1.07 bits per heavy atom. The van der Waals surface area contributed by atoms with Crippen LogP contribution < -0.4 is 5.32 Å². The van der Waals surface area contributed by atoms with E-state index in [1.165, 1.54) is 29.3 Å². The average Bonchev–Trinajstić information content (AvgIpc) is 3.29. The van der Waals surface area contributed by atoms with Gasteiger partial charge < -0.3 is 9.73 Å². The fraction of sp³-hybridized carbons (Fsp3) is 0.318. The first-order chi connectivity index (χ1) is 13.5. The van der Waals surface area contributed by atoms with Crippen LogP contribution in [0.4, 0.5) is 5.69 Å². The van der Waals surface area contributed by atoms with Crippen LogP contribution in [0.15, 0.2) is 46.0 Å². The number of carbonyl (C=O) groups is 1. The van der Waals surface area contributed by atoms with Gasteiger partial charge in [0.2, 0.25) is 11.8 Å². The second-order valence-corrected chi connectivity index (χ2v) is 8.63. The molecule has 5 nitrogen and oxygen atoms in total. The lowest BCUT2D eigenvalue weighted by atomic mass is 10.1. The molecule has 0 saturated heterocycles. The number of anilines is 1. The molecular formula is C22H23N3O2S. The minimum absolute atomic E-state index is 0.0749. The Balaban J connectivity index is 1.41. The molecule has 2 aromatic carbocycles. The zero-order valence-electron chi connectivity index (χ0n) is 16.3. The molecule has 0 spiro atoms. The van der Waals surface area contributed by atoms with Gasteiger partial charge >= 0.3 is 0 Å². The molecule has 1 aliphatic carbocycles. The Morgan fingerprint density at radius 2 is 1.82 bits per heavy atom. The van der Waals surface area contributed by atoms with Crippen LogP contribution in [0.25, 0.3) is 11.5 Å². The summed E-state index contributed by atoms with van der Waals surface area (Å²) in [6.07, 6.45) is 3.42. The van der Waals surface area contributed by atoms with E-state index >= 15 is 0 Å². The number of thioether (sulfide) groups is 1. The van der Waals surface area contributed by atoms with Gasteiger partial charge in [0.1, 0.15) is 0 Å². The summed E-state index contributed by atoms with van der Waals surface area (Å²) < 4.78 is 5.77. The first-order valence-electron chi connectivity index (χ1n) is 9.49. The van der Waals surface area contributed by atoms with Crippen molar-refractivity contribution in [2.24, 2.45) is 0 Å². The summed E-state index contributed by atoms with van der Waals surface area (Å²) >= 11 is 1.27. The fourth-order valence-corrected chi connectivity index (χ4v) is 4.25. The number of rotatable bonds is 5. The molecule has 0 radical (unpaired) electrons. The second-order valence-electron chi connectivity index (χ2n) is 7.34. The number of benzene rings is 2. The summed E-state index contributed by atoms with van der Waals surface area (Å²) in [4.78, 5) is 12.6. The molecule has 1 aromatic heterocycles. The highest BCUT2D eigenvalue weighted by atomic mass is 32.2. The number of hydrogen-bond donors (Lipinski definition) is 1. The zero-order valence-corrected chi connectivity index (χ0v) is 17.1. The van der Waals surface area contributed by atoms with E-state index in [9.17, 15) is 4.79 Å². The summed E-state index contributed by atoms with van der Waals surface area (Å²) in [5.41, 5.74) is 6.76.